The largest absolute Gasteiger partial charge is 0.388 e. The summed E-state index contributed by atoms with van der Waals surface area (Å²) in [5, 5.41) is 63.6. The van der Waals surface area contributed by atoms with Crippen molar-refractivity contribution in [2.45, 2.75) is 179 Å². The van der Waals surface area contributed by atoms with Crippen LogP contribution in [0.4, 0.5) is 5.69 Å². The number of hydrogen-bond acceptors (Lipinski definition) is 12. The number of nitro benzene ring substituents is 1. The minimum absolute atomic E-state index is 0.132. The number of hydrogen-bond donors (Lipinski definition) is 5. The first-order valence-electron chi connectivity index (χ1n) is 19.5. The highest BCUT2D eigenvalue weighted by Crippen LogP contribution is 2.27. The highest BCUT2D eigenvalue weighted by atomic mass is 16.7. The van der Waals surface area contributed by atoms with Gasteiger partial charge in [0.2, 0.25) is 11.4 Å². The maximum Gasteiger partial charge on any atom is 0.300 e. The van der Waals surface area contributed by atoms with Crippen LogP contribution in [0.15, 0.2) is 28.9 Å². The number of aromatic nitrogens is 2. The summed E-state index contributed by atoms with van der Waals surface area (Å²) >= 11 is 0. The van der Waals surface area contributed by atoms with Crippen LogP contribution in [0.5, 0.6) is 0 Å². The zero-order valence-electron chi connectivity index (χ0n) is 31.1. The van der Waals surface area contributed by atoms with E-state index in [1.807, 2.05) is 6.08 Å². The molecule has 0 aliphatic carbocycles. The standard InChI is InChI=1S/C38H62N4O10/c1-3-5-6-7-8-9-10-11-12-13-14-15-19-22-30(43)28(26-50-38-37(47)36(46)35(45)31(4-2)51-38)39-32(44)23-20-17-16-18-21-27-24-25-29(42(48)49)34-33(27)40-52-41-34/h19,22,24-25,28,30-31,35-38,43,45-47H,3-18,20-21,23,26H2,1-2H3,(H,39,44)/b22-19+/t28-,30+,31?,35+,36?,37?,38+/m0/s1. The Bertz CT molecular complexity index is 1340. The first-order valence-corrected chi connectivity index (χ1v) is 19.5. The summed E-state index contributed by atoms with van der Waals surface area (Å²) in [7, 11) is 0. The molecule has 1 aliphatic heterocycles. The number of ether oxygens (including phenoxy) is 2. The third kappa shape index (κ3) is 14.4. The Balaban J connectivity index is 1.43. The fourth-order valence-electron chi connectivity index (χ4n) is 6.60. The van der Waals surface area contributed by atoms with Crippen molar-refractivity contribution in [2.75, 3.05) is 6.61 Å². The van der Waals surface area contributed by atoms with Gasteiger partial charge in [-0.05, 0) is 60.5 Å². The van der Waals surface area contributed by atoms with Crippen LogP contribution in [0, 0.1) is 10.1 Å². The second kappa shape index (κ2) is 24.3. The summed E-state index contributed by atoms with van der Waals surface area (Å²) in [4.78, 5) is 23.7. The first-order chi connectivity index (χ1) is 25.2. The molecule has 0 bridgehead atoms. The number of rotatable bonds is 27. The lowest BCUT2D eigenvalue weighted by atomic mass is 9.97. The van der Waals surface area contributed by atoms with Gasteiger partial charge < -0.3 is 35.2 Å². The normalized spacial score (nSPS) is 21.8. The van der Waals surface area contributed by atoms with Gasteiger partial charge in [0.25, 0.3) is 0 Å². The zero-order chi connectivity index (χ0) is 37.7. The SMILES string of the molecule is CCCCCCCCCCCCC/C=C/[C@@H](O)[C@H](CO[C@@H]1OC(CC)[C@@H](O)C(O)C1O)NC(=O)CCCCCCc1ccc([N+](=O)[O-])c2nonc12. The number of aliphatic hydroxyl groups is 4. The molecule has 1 aromatic heterocycles. The number of benzene rings is 1. The number of unbranched alkanes of at least 4 members (excludes halogenated alkanes) is 14. The Hall–Kier alpha value is -3.01. The number of aryl methyl sites for hydroxylation is 1. The lowest BCUT2D eigenvalue weighted by molar-refractivity contribution is -0.383. The van der Waals surface area contributed by atoms with Crippen molar-refractivity contribution in [2.24, 2.45) is 0 Å². The fraction of sp³-hybridized carbons (Fsp3) is 0.763. The first kappa shape index (κ1) is 43.4. The highest BCUT2D eigenvalue weighted by molar-refractivity contribution is 5.85. The lowest BCUT2D eigenvalue weighted by Crippen LogP contribution is -2.59. The molecule has 7 atom stereocenters. The van der Waals surface area contributed by atoms with Gasteiger partial charge in [-0.3, -0.25) is 14.9 Å². The Kier molecular flexibility index (Phi) is 20.3. The number of allylic oxidation sites excluding steroid dienone is 1. The van der Waals surface area contributed by atoms with Crippen molar-refractivity contribution in [3.8, 4) is 0 Å². The van der Waals surface area contributed by atoms with Crippen molar-refractivity contribution < 1.29 is 44.2 Å². The number of nitro groups is 1. The molecule has 0 radical (unpaired) electrons. The van der Waals surface area contributed by atoms with Crippen LogP contribution in [0.3, 0.4) is 0 Å². The van der Waals surface area contributed by atoms with Gasteiger partial charge in [-0.2, -0.15) is 0 Å². The van der Waals surface area contributed by atoms with Gasteiger partial charge in [-0.25, -0.2) is 4.63 Å². The molecule has 1 amide bonds. The van der Waals surface area contributed by atoms with E-state index < -0.39 is 47.8 Å². The van der Waals surface area contributed by atoms with Gasteiger partial charge in [0.15, 0.2) is 6.29 Å². The van der Waals surface area contributed by atoms with Gasteiger partial charge in [0.1, 0.15) is 23.8 Å². The Morgan fingerprint density at radius 3 is 2.21 bits per heavy atom. The van der Waals surface area contributed by atoms with E-state index in [0.29, 0.717) is 24.8 Å². The molecular weight excluding hydrogens is 672 g/mol. The van der Waals surface area contributed by atoms with Crippen LogP contribution in [-0.2, 0) is 20.7 Å². The quantitative estimate of drug-likeness (QED) is 0.0312. The molecule has 14 heteroatoms. The number of nitrogens with zero attached hydrogens (tertiary/aromatic N) is 3. The van der Waals surface area contributed by atoms with E-state index in [1.165, 1.54) is 63.9 Å². The molecule has 5 N–H and O–H groups in total. The summed E-state index contributed by atoms with van der Waals surface area (Å²) in [6.45, 7) is 3.84. The highest BCUT2D eigenvalue weighted by Gasteiger charge is 2.43. The second-order valence-electron chi connectivity index (χ2n) is 14.0. The smallest absolute Gasteiger partial charge is 0.300 e. The maximum absolute atomic E-state index is 13.0. The average Bonchev–Trinajstić information content (AvgIpc) is 3.63. The molecular formula is C38H62N4O10. The molecule has 3 unspecified atom stereocenters. The summed E-state index contributed by atoms with van der Waals surface area (Å²) in [6, 6.07) is 2.24. The third-order valence-corrected chi connectivity index (χ3v) is 9.85. The van der Waals surface area contributed by atoms with E-state index in [-0.39, 0.29) is 30.1 Å². The number of fused-ring (bicyclic) bond motifs is 1. The summed E-state index contributed by atoms with van der Waals surface area (Å²) in [5.74, 6) is -0.260. The number of aliphatic hydroxyl groups excluding tert-OH is 4. The minimum atomic E-state index is -1.49. The van der Waals surface area contributed by atoms with Crippen LogP contribution in [0.2, 0.25) is 0 Å². The number of nitrogens with one attached hydrogen (secondary N) is 1. The Morgan fingerprint density at radius 2 is 1.54 bits per heavy atom. The average molecular weight is 735 g/mol. The molecule has 294 valence electrons. The molecule has 2 heterocycles. The van der Waals surface area contributed by atoms with Crippen molar-refractivity contribution >= 4 is 22.6 Å². The van der Waals surface area contributed by atoms with Crippen molar-refractivity contribution in [3.63, 3.8) is 0 Å². The minimum Gasteiger partial charge on any atom is -0.388 e. The summed E-state index contributed by atoms with van der Waals surface area (Å²) in [6.07, 6.45) is 15.2. The monoisotopic (exact) mass is 734 g/mol. The van der Waals surface area contributed by atoms with Crippen LogP contribution < -0.4 is 5.32 Å². The molecule has 0 spiro atoms. The summed E-state index contributed by atoms with van der Waals surface area (Å²) < 4.78 is 16.2. The van der Waals surface area contributed by atoms with Crippen LogP contribution in [0.1, 0.15) is 135 Å². The summed E-state index contributed by atoms with van der Waals surface area (Å²) in [5.41, 5.74) is 1.18. The van der Waals surface area contributed by atoms with E-state index in [2.05, 4.69) is 22.6 Å². The zero-order valence-corrected chi connectivity index (χ0v) is 31.1. The molecule has 2 aromatic rings. The second-order valence-corrected chi connectivity index (χ2v) is 14.0. The molecule has 14 nitrogen and oxygen atoms in total. The van der Waals surface area contributed by atoms with E-state index >= 15 is 0 Å². The van der Waals surface area contributed by atoms with E-state index in [1.54, 1.807) is 19.1 Å². The van der Waals surface area contributed by atoms with Crippen LogP contribution >= 0.6 is 0 Å². The number of non-ortho nitro benzene ring substituents is 1. The van der Waals surface area contributed by atoms with E-state index in [0.717, 1.165) is 44.1 Å². The fourth-order valence-corrected chi connectivity index (χ4v) is 6.60. The molecule has 1 saturated heterocycles. The predicted octanol–water partition coefficient (Wildman–Crippen LogP) is 5.96. The Morgan fingerprint density at radius 1 is 0.904 bits per heavy atom. The lowest BCUT2D eigenvalue weighted by Gasteiger charge is -2.40. The number of carbonyl (C=O) groups is 1. The Labute approximate surface area is 307 Å². The number of carbonyl (C=O) groups excluding carboxylic acids is 1. The predicted molar refractivity (Wildman–Crippen MR) is 196 cm³/mol. The van der Waals surface area contributed by atoms with Gasteiger partial charge in [0.05, 0.1) is 29.8 Å². The molecule has 1 aliphatic rings. The topological polar surface area (TPSA) is 211 Å². The van der Waals surface area contributed by atoms with Crippen LogP contribution in [-0.4, -0.2) is 91.0 Å². The molecule has 1 fully saturated rings. The third-order valence-electron chi connectivity index (χ3n) is 9.85. The molecule has 52 heavy (non-hydrogen) atoms. The van der Waals surface area contributed by atoms with Crippen molar-refractivity contribution in [1.82, 2.24) is 15.6 Å². The van der Waals surface area contributed by atoms with Crippen molar-refractivity contribution in [3.05, 3.63) is 40.0 Å². The molecule has 0 saturated carbocycles. The van der Waals surface area contributed by atoms with Gasteiger partial charge in [-0.1, -0.05) is 103 Å². The van der Waals surface area contributed by atoms with Crippen LogP contribution in [0.25, 0.3) is 11.0 Å². The molecule has 3 rings (SSSR count). The van der Waals surface area contributed by atoms with E-state index in [9.17, 15) is 35.3 Å². The maximum atomic E-state index is 13.0. The van der Waals surface area contributed by atoms with Gasteiger partial charge in [0, 0.05) is 12.5 Å². The van der Waals surface area contributed by atoms with Crippen molar-refractivity contribution in [1.29, 1.82) is 0 Å². The van der Waals surface area contributed by atoms with Gasteiger partial charge >= 0.3 is 5.69 Å². The number of amides is 1. The van der Waals surface area contributed by atoms with E-state index in [4.69, 9.17) is 14.1 Å². The molecule has 1 aromatic carbocycles. The van der Waals surface area contributed by atoms with Gasteiger partial charge in [-0.15, -0.1) is 0 Å².